The maximum absolute atomic E-state index is 12.1. The highest BCUT2D eigenvalue weighted by Gasteiger charge is 2.11. The van der Waals surface area contributed by atoms with Crippen LogP contribution >= 0.6 is 11.3 Å². The van der Waals surface area contributed by atoms with E-state index in [9.17, 15) is 4.79 Å². The average Bonchev–Trinajstić information content (AvgIpc) is 3.35. The second kappa shape index (κ2) is 8.10. The molecule has 0 radical (unpaired) electrons. The smallest absolute Gasteiger partial charge is 0.307 e. The van der Waals surface area contributed by atoms with Crippen LogP contribution in [0, 0.1) is 6.92 Å². The molecule has 0 spiro atoms. The molecule has 1 N–H and O–H groups in total. The number of hydrazone groups is 1. The van der Waals surface area contributed by atoms with Gasteiger partial charge in [-0.25, -0.2) is 5.43 Å². The molecule has 0 aliphatic carbocycles. The number of carbonyl (C=O) groups excluding carboxylic acids is 1. The van der Waals surface area contributed by atoms with Gasteiger partial charge in [-0.3, -0.25) is 4.79 Å². The van der Waals surface area contributed by atoms with Crippen LogP contribution in [0.15, 0.2) is 75.6 Å². The second-order valence-corrected chi connectivity index (χ2v) is 7.18. The lowest BCUT2D eigenvalue weighted by atomic mass is 10.1. The fraction of sp³-hybridized carbons (Fsp3) is 0.0909. The summed E-state index contributed by atoms with van der Waals surface area (Å²) in [7, 11) is 0. The lowest BCUT2D eigenvalue weighted by molar-refractivity contribution is 0.0923. The summed E-state index contributed by atoms with van der Waals surface area (Å²) >= 11 is 1.57. The first kappa shape index (κ1) is 18.0. The van der Waals surface area contributed by atoms with Crippen LogP contribution in [-0.4, -0.2) is 12.1 Å². The number of rotatable bonds is 6. The quantitative estimate of drug-likeness (QED) is 0.366. The van der Waals surface area contributed by atoms with Gasteiger partial charge in [0.15, 0.2) is 5.76 Å². The monoisotopic (exact) mass is 390 g/mol. The Labute approximate surface area is 166 Å². The van der Waals surface area contributed by atoms with Gasteiger partial charge in [-0.15, -0.1) is 11.3 Å². The van der Waals surface area contributed by atoms with Crippen LogP contribution in [0.5, 0.6) is 5.75 Å². The first-order valence-electron chi connectivity index (χ1n) is 8.77. The molecule has 4 aromatic rings. The summed E-state index contributed by atoms with van der Waals surface area (Å²) in [5.41, 5.74) is 3.59. The van der Waals surface area contributed by atoms with Gasteiger partial charge in [-0.2, -0.15) is 5.10 Å². The van der Waals surface area contributed by atoms with Crippen molar-refractivity contribution in [2.24, 2.45) is 5.10 Å². The fourth-order valence-electron chi connectivity index (χ4n) is 2.71. The molecule has 0 saturated carbocycles. The predicted octanol–water partition coefficient (Wildman–Crippen LogP) is 5.15. The van der Waals surface area contributed by atoms with E-state index >= 15 is 0 Å². The number of nitrogens with zero attached hydrogens (tertiary/aromatic N) is 1. The van der Waals surface area contributed by atoms with E-state index in [1.807, 2.05) is 54.8 Å². The zero-order valence-corrected chi connectivity index (χ0v) is 16.0. The molecule has 28 heavy (non-hydrogen) atoms. The summed E-state index contributed by atoms with van der Waals surface area (Å²) < 4.78 is 11.3. The Hall–Kier alpha value is -3.38. The van der Waals surface area contributed by atoms with Gasteiger partial charge in [-0.1, -0.05) is 30.3 Å². The first-order valence-corrected chi connectivity index (χ1v) is 9.65. The number of aryl methyl sites for hydroxylation is 1. The van der Waals surface area contributed by atoms with Gasteiger partial charge in [0.1, 0.15) is 18.1 Å². The first-order chi connectivity index (χ1) is 13.7. The Morgan fingerprint density at radius 2 is 2.00 bits per heavy atom. The molecule has 2 aromatic carbocycles. The number of furan rings is 1. The van der Waals surface area contributed by atoms with Crippen molar-refractivity contribution in [2.45, 2.75) is 13.5 Å². The summed E-state index contributed by atoms with van der Waals surface area (Å²) in [5, 5.41) is 8.22. The SMILES string of the molecule is Cc1ccsc1/C=N/NC(=O)c1ccc(COc2ccc3ccccc3c2)o1. The fourth-order valence-corrected chi connectivity index (χ4v) is 3.50. The van der Waals surface area contributed by atoms with Crippen molar-refractivity contribution in [3.63, 3.8) is 0 Å². The molecule has 0 aliphatic rings. The van der Waals surface area contributed by atoms with Crippen molar-refractivity contribution in [3.05, 3.63) is 88.0 Å². The minimum Gasteiger partial charge on any atom is -0.486 e. The Kier molecular flexibility index (Phi) is 5.21. The van der Waals surface area contributed by atoms with Crippen molar-refractivity contribution < 1.29 is 13.9 Å². The maximum Gasteiger partial charge on any atom is 0.307 e. The second-order valence-electron chi connectivity index (χ2n) is 6.23. The average molecular weight is 390 g/mol. The minimum absolute atomic E-state index is 0.192. The van der Waals surface area contributed by atoms with E-state index in [4.69, 9.17) is 9.15 Å². The van der Waals surface area contributed by atoms with Gasteiger partial charge in [0, 0.05) is 4.88 Å². The highest BCUT2D eigenvalue weighted by molar-refractivity contribution is 7.11. The van der Waals surface area contributed by atoms with Gasteiger partial charge < -0.3 is 9.15 Å². The Balaban J connectivity index is 1.35. The van der Waals surface area contributed by atoms with Crippen LogP contribution in [-0.2, 0) is 6.61 Å². The molecule has 0 bridgehead atoms. The molecule has 140 valence electrons. The van der Waals surface area contributed by atoms with Gasteiger partial charge >= 0.3 is 5.91 Å². The van der Waals surface area contributed by atoms with E-state index in [1.54, 1.807) is 29.7 Å². The van der Waals surface area contributed by atoms with Crippen molar-refractivity contribution in [1.29, 1.82) is 0 Å². The van der Waals surface area contributed by atoms with Crippen LogP contribution in [0.25, 0.3) is 10.8 Å². The van der Waals surface area contributed by atoms with Crippen molar-refractivity contribution in [2.75, 3.05) is 0 Å². The zero-order valence-electron chi connectivity index (χ0n) is 15.2. The third kappa shape index (κ3) is 4.13. The van der Waals surface area contributed by atoms with Crippen LogP contribution in [0.4, 0.5) is 0 Å². The number of benzene rings is 2. The largest absolute Gasteiger partial charge is 0.486 e. The number of thiophene rings is 1. The van der Waals surface area contributed by atoms with Crippen LogP contribution in [0.3, 0.4) is 0 Å². The van der Waals surface area contributed by atoms with E-state index in [2.05, 4.69) is 16.6 Å². The topological polar surface area (TPSA) is 63.8 Å². The molecular weight excluding hydrogens is 372 g/mol. The van der Waals surface area contributed by atoms with Crippen LogP contribution in [0.1, 0.15) is 26.8 Å². The minimum atomic E-state index is -0.401. The molecule has 4 rings (SSSR count). The highest BCUT2D eigenvalue weighted by atomic mass is 32.1. The molecule has 5 nitrogen and oxygen atoms in total. The molecular formula is C22H18N2O3S. The summed E-state index contributed by atoms with van der Waals surface area (Å²) in [6.45, 7) is 2.23. The molecule has 0 unspecified atom stereocenters. The lowest BCUT2D eigenvalue weighted by Gasteiger charge is -2.05. The van der Waals surface area contributed by atoms with Crippen molar-refractivity contribution in [3.8, 4) is 5.75 Å². The molecule has 1 amide bonds. The van der Waals surface area contributed by atoms with Gasteiger partial charge in [0.2, 0.25) is 0 Å². The van der Waals surface area contributed by atoms with Gasteiger partial charge in [-0.05, 0) is 59.0 Å². The van der Waals surface area contributed by atoms with Crippen molar-refractivity contribution >= 4 is 34.2 Å². The predicted molar refractivity (Wildman–Crippen MR) is 111 cm³/mol. The van der Waals surface area contributed by atoms with E-state index in [0.29, 0.717) is 5.76 Å². The number of carbonyl (C=O) groups is 1. The number of nitrogens with one attached hydrogen (secondary N) is 1. The molecule has 2 heterocycles. The van der Waals surface area contributed by atoms with Gasteiger partial charge in [0.05, 0.1) is 6.21 Å². The third-order valence-corrected chi connectivity index (χ3v) is 5.19. The van der Waals surface area contributed by atoms with E-state index in [1.165, 1.54) is 0 Å². The Bertz CT molecular complexity index is 1140. The van der Waals surface area contributed by atoms with E-state index < -0.39 is 5.91 Å². The molecule has 0 atom stereocenters. The molecule has 0 saturated heterocycles. The zero-order chi connectivity index (χ0) is 19.3. The molecule has 0 fully saturated rings. The summed E-state index contributed by atoms with van der Waals surface area (Å²) in [6, 6.07) is 19.3. The normalized spacial score (nSPS) is 11.2. The number of ether oxygens (including phenoxy) is 1. The molecule has 6 heteroatoms. The summed E-state index contributed by atoms with van der Waals surface area (Å²) in [5.74, 6) is 1.10. The van der Waals surface area contributed by atoms with Crippen molar-refractivity contribution in [1.82, 2.24) is 5.43 Å². The number of hydrogen-bond donors (Lipinski definition) is 1. The Morgan fingerprint density at radius 3 is 2.82 bits per heavy atom. The summed E-state index contributed by atoms with van der Waals surface area (Å²) in [4.78, 5) is 13.1. The standard InChI is InChI=1S/C22H18N2O3S/c1-15-10-11-28-21(15)13-23-24-22(25)20-9-8-19(27-20)14-26-18-7-6-16-4-2-3-5-17(16)12-18/h2-13H,14H2,1H3,(H,24,25)/b23-13+. The highest BCUT2D eigenvalue weighted by Crippen LogP contribution is 2.21. The summed E-state index contributed by atoms with van der Waals surface area (Å²) in [6.07, 6.45) is 1.63. The number of hydrogen-bond acceptors (Lipinski definition) is 5. The third-order valence-electron chi connectivity index (χ3n) is 4.24. The van der Waals surface area contributed by atoms with E-state index in [0.717, 1.165) is 27.0 Å². The molecule has 0 aliphatic heterocycles. The Morgan fingerprint density at radius 1 is 1.14 bits per heavy atom. The van der Waals surface area contributed by atoms with E-state index in [-0.39, 0.29) is 12.4 Å². The lowest BCUT2D eigenvalue weighted by Crippen LogP contribution is -2.16. The molecule has 2 aromatic heterocycles. The van der Waals surface area contributed by atoms with Crippen LogP contribution in [0.2, 0.25) is 0 Å². The number of fused-ring (bicyclic) bond motifs is 1. The van der Waals surface area contributed by atoms with Gasteiger partial charge in [0.25, 0.3) is 0 Å². The maximum atomic E-state index is 12.1. The van der Waals surface area contributed by atoms with Crippen LogP contribution < -0.4 is 10.2 Å². The number of amides is 1.